The highest BCUT2D eigenvalue weighted by molar-refractivity contribution is 8.76. The molecule has 7 amide bonds. The van der Waals surface area contributed by atoms with Crippen LogP contribution in [0.4, 0.5) is 0 Å². The number of nitrogens with zero attached hydrogens (tertiary/aromatic N) is 2. The number of hydrogen-bond donors (Lipinski definition) is 8. The first-order valence-corrected chi connectivity index (χ1v) is 18.5. The summed E-state index contributed by atoms with van der Waals surface area (Å²) in [5.41, 5.74) is 18.4. The molecule has 2 fully saturated rings. The molecule has 1 aromatic carbocycles. The average Bonchev–Trinajstić information content (AvgIpc) is 3.79. The Morgan fingerprint density at radius 3 is 2.20 bits per heavy atom. The molecule has 0 bridgehead atoms. The molecular weight excluding hydrogens is 689 g/mol. The first-order chi connectivity index (χ1) is 23.9. The summed E-state index contributed by atoms with van der Waals surface area (Å²) >= 11 is 0. The maximum absolute atomic E-state index is 14.0. The molecule has 19 heteroatoms. The molecule has 6 atom stereocenters. The molecule has 17 nitrogen and oxygen atoms in total. The van der Waals surface area contributed by atoms with Gasteiger partial charge in [0.1, 0.15) is 30.2 Å². The van der Waals surface area contributed by atoms with Crippen molar-refractivity contribution in [1.29, 1.82) is 0 Å². The van der Waals surface area contributed by atoms with Crippen molar-refractivity contribution >= 4 is 62.9 Å². The van der Waals surface area contributed by atoms with Gasteiger partial charge in [0, 0.05) is 49.2 Å². The second-order valence-corrected chi connectivity index (χ2v) is 14.5. The van der Waals surface area contributed by atoms with Crippen LogP contribution in [0.15, 0.2) is 42.9 Å². The number of imidazole rings is 1. The Bertz CT molecular complexity index is 1530. The van der Waals surface area contributed by atoms with Crippen LogP contribution >= 0.6 is 21.6 Å². The maximum Gasteiger partial charge on any atom is 0.246 e. The van der Waals surface area contributed by atoms with Gasteiger partial charge in [0.25, 0.3) is 0 Å². The lowest BCUT2D eigenvalue weighted by Gasteiger charge is -2.30. The molecule has 50 heavy (non-hydrogen) atoms. The zero-order valence-corrected chi connectivity index (χ0v) is 28.8. The van der Waals surface area contributed by atoms with Gasteiger partial charge >= 0.3 is 0 Å². The lowest BCUT2D eigenvalue weighted by Crippen LogP contribution is -2.60. The van der Waals surface area contributed by atoms with Crippen molar-refractivity contribution in [1.82, 2.24) is 36.1 Å². The van der Waals surface area contributed by atoms with Crippen LogP contribution in [-0.2, 0) is 46.4 Å². The first-order valence-electron chi connectivity index (χ1n) is 16.0. The number of nitrogens with one attached hydrogen (secondary N) is 5. The molecule has 11 N–H and O–H groups in total. The summed E-state index contributed by atoms with van der Waals surface area (Å²) in [4.78, 5) is 101. The quantitative estimate of drug-likeness (QED) is 0.133. The van der Waals surface area contributed by atoms with Gasteiger partial charge < -0.3 is 48.4 Å². The molecule has 0 radical (unpaired) electrons. The van der Waals surface area contributed by atoms with E-state index in [0.29, 0.717) is 17.7 Å². The Morgan fingerprint density at radius 2 is 1.52 bits per heavy atom. The van der Waals surface area contributed by atoms with Crippen molar-refractivity contribution in [3.8, 4) is 0 Å². The SMILES string of the molecule is NC(=O)CC[C@@H]1NC(=O)[C@@H]2CCCN2C(=O)[C@H](Cc2cnc[nH]2)NC(=O)[C@@H](N)CSSC[C@@H](C(N)=O)NC(=O)[C@H](Cc2ccccc2)NC1=O. The number of H-pyrrole nitrogens is 1. The van der Waals surface area contributed by atoms with Crippen LogP contribution < -0.4 is 38.5 Å². The van der Waals surface area contributed by atoms with Gasteiger partial charge in [-0.2, -0.15) is 0 Å². The number of aromatic amines is 1. The fourth-order valence-corrected chi connectivity index (χ4v) is 7.83. The van der Waals surface area contributed by atoms with E-state index in [1.165, 1.54) is 28.2 Å². The van der Waals surface area contributed by atoms with Gasteiger partial charge in [-0.05, 0) is 24.8 Å². The van der Waals surface area contributed by atoms with Crippen LogP contribution in [0.3, 0.4) is 0 Å². The van der Waals surface area contributed by atoms with Crippen LogP contribution in [0.25, 0.3) is 0 Å². The van der Waals surface area contributed by atoms with E-state index in [4.69, 9.17) is 17.2 Å². The molecule has 270 valence electrons. The molecule has 4 rings (SSSR count). The predicted molar refractivity (Wildman–Crippen MR) is 185 cm³/mol. The van der Waals surface area contributed by atoms with Gasteiger partial charge in [-0.15, -0.1) is 0 Å². The Morgan fingerprint density at radius 1 is 0.840 bits per heavy atom. The Kier molecular flexibility index (Phi) is 14.0. The summed E-state index contributed by atoms with van der Waals surface area (Å²) in [6, 6.07) is 1.98. The summed E-state index contributed by atoms with van der Waals surface area (Å²) < 4.78 is 0. The smallest absolute Gasteiger partial charge is 0.246 e. The minimum Gasteiger partial charge on any atom is -0.370 e. The summed E-state index contributed by atoms with van der Waals surface area (Å²) in [6.45, 7) is 0.212. The molecule has 0 spiro atoms. The highest BCUT2D eigenvalue weighted by atomic mass is 33.1. The Balaban J connectivity index is 1.66. The van der Waals surface area contributed by atoms with Crippen molar-refractivity contribution < 1.29 is 33.6 Å². The third-order valence-electron chi connectivity index (χ3n) is 8.22. The highest BCUT2D eigenvalue weighted by Gasteiger charge is 2.40. The molecule has 0 unspecified atom stereocenters. The lowest BCUT2D eigenvalue weighted by molar-refractivity contribution is -0.142. The number of primary amides is 2. The fourth-order valence-electron chi connectivity index (χ4n) is 5.53. The Hall–Kier alpha value is -4.62. The molecule has 0 saturated carbocycles. The number of carbonyl (C=O) groups excluding carboxylic acids is 7. The predicted octanol–water partition coefficient (Wildman–Crippen LogP) is -2.40. The van der Waals surface area contributed by atoms with Gasteiger partial charge in [-0.25, -0.2) is 4.98 Å². The Labute approximate surface area is 296 Å². The molecule has 2 aliphatic rings. The molecule has 3 heterocycles. The summed E-state index contributed by atoms with van der Waals surface area (Å²) in [5, 5.41) is 10.6. The molecular formula is C31H42N10O7S2. The zero-order chi connectivity index (χ0) is 36.2. The van der Waals surface area contributed by atoms with Crippen LogP contribution in [0.1, 0.15) is 36.9 Å². The summed E-state index contributed by atoms with van der Waals surface area (Å²) in [7, 11) is 2.33. The van der Waals surface area contributed by atoms with Crippen molar-refractivity contribution in [3.63, 3.8) is 0 Å². The van der Waals surface area contributed by atoms with Gasteiger partial charge in [0.05, 0.1) is 12.4 Å². The third-order valence-corrected chi connectivity index (χ3v) is 10.7. The molecule has 2 aromatic rings. The van der Waals surface area contributed by atoms with E-state index in [1.807, 2.05) is 0 Å². The topological polar surface area (TPSA) is 278 Å². The summed E-state index contributed by atoms with van der Waals surface area (Å²) in [5.74, 6) is -4.73. The fraction of sp³-hybridized carbons (Fsp3) is 0.484. The van der Waals surface area contributed by atoms with E-state index >= 15 is 0 Å². The van der Waals surface area contributed by atoms with Crippen LogP contribution in [0.5, 0.6) is 0 Å². The van der Waals surface area contributed by atoms with E-state index in [1.54, 1.807) is 30.3 Å². The van der Waals surface area contributed by atoms with E-state index < -0.39 is 77.6 Å². The number of amides is 7. The zero-order valence-electron chi connectivity index (χ0n) is 27.2. The molecule has 0 aliphatic carbocycles. The van der Waals surface area contributed by atoms with Crippen molar-refractivity contribution in [3.05, 3.63) is 54.1 Å². The number of benzene rings is 1. The second-order valence-electron chi connectivity index (χ2n) is 12.0. The lowest BCUT2D eigenvalue weighted by atomic mass is 10.0. The second kappa shape index (κ2) is 18.4. The van der Waals surface area contributed by atoms with Crippen molar-refractivity contribution in [2.75, 3.05) is 18.1 Å². The minimum absolute atomic E-state index is 0.0145. The van der Waals surface area contributed by atoms with Crippen LogP contribution in [0, 0.1) is 0 Å². The van der Waals surface area contributed by atoms with E-state index in [0.717, 1.165) is 10.8 Å². The largest absolute Gasteiger partial charge is 0.370 e. The molecule has 2 saturated heterocycles. The van der Waals surface area contributed by atoms with E-state index in [-0.39, 0.29) is 50.2 Å². The standard InChI is InChI=1S/C31H42N10O7S2/c32-19-14-49-50-15-23(26(34)43)40-29(46)21(11-17-5-2-1-3-6-17)38-28(45)20(8-9-25(33)42)37-30(47)24-7-4-10-41(24)31(48)22(39-27(19)44)12-18-13-35-16-36-18/h1-3,5-6,13,16,19-24H,4,7-12,14-15,32H2,(H2,33,42)(H2,34,43)(H,35,36)(H,37,47)(H,38,45)(H,39,44)(H,40,46)/t19-,20-,21-,22-,23-,24-/m0/s1. The number of nitrogens with two attached hydrogens (primary N) is 3. The van der Waals surface area contributed by atoms with Gasteiger partial charge in [-0.1, -0.05) is 51.9 Å². The number of hydrogen-bond acceptors (Lipinski definition) is 11. The molecule has 1 aromatic heterocycles. The number of rotatable bonds is 8. The van der Waals surface area contributed by atoms with Gasteiger partial charge in [-0.3, -0.25) is 33.6 Å². The van der Waals surface area contributed by atoms with Crippen molar-refractivity contribution in [2.45, 2.75) is 74.8 Å². The highest BCUT2D eigenvalue weighted by Crippen LogP contribution is 2.24. The number of fused-ring (bicyclic) bond motifs is 1. The normalized spacial score (nSPS) is 26.2. The molecule has 2 aliphatic heterocycles. The number of carbonyl (C=O) groups is 7. The average molecular weight is 731 g/mol. The third kappa shape index (κ3) is 10.9. The van der Waals surface area contributed by atoms with E-state index in [2.05, 4.69) is 31.2 Å². The minimum atomic E-state index is -1.32. The van der Waals surface area contributed by atoms with E-state index in [9.17, 15) is 33.6 Å². The van der Waals surface area contributed by atoms with Crippen molar-refractivity contribution in [2.24, 2.45) is 17.2 Å². The summed E-state index contributed by atoms with van der Waals surface area (Å²) in [6.07, 6.45) is 3.29. The maximum atomic E-state index is 14.0. The van der Waals surface area contributed by atoms with Gasteiger partial charge in [0.2, 0.25) is 41.4 Å². The van der Waals surface area contributed by atoms with Crippen LogP contribution in [-0.4, -0.2) is 111 Å². The van der Waals surface area contributed by atoms with Gasteiger partial charge in [0.15, 0.2) is 0 Å². The monoisotopic (exact) mass is 730 g/mol. The first kappa shape index (κ1) is 38.2. The van der Waals surface area contributed by atoms with Crippen LogP contribution in [0.2, 0.25) is 0 Å². The number of aromatic nitrogens is 2.